The summed E-state index contributed by atoms with van der Waals surface area (Å²) in [6.45, 7) is 2.74. The van der Waals surface area contributed by atoms with E-state index in [4.69, 9.17) is 9.52 Å². The van der Waals surface area contributed by atoms with E-state index in [1.54, 1.807) is 12.1 Å². The topological polar surface area (TPSA) is 85.9 Å². The van der Waals surface area contributed by atoms with Crippen molar-refractivity contribution in [2.75, 3.05) is 32.8 Å². The van der Waals surface area contributed by atoms with Gasteiger partial charge in [-0.15, -0.1) is 0 Å². The second-order valence-electron chi connectivity index (χ2n) is 5.27. The van der Waals surface area contributed by atoms with E-state index in [2.05, 4.69) is 10.2 Å². The van der Waals surface area contributed by atoms with Gasteiger partial charge in [-0.25, -0.2) is 0 Å². The molecule has 20 heavy (non-hydrogen) atoms. The summed E-state index contributed by atoms with van der Waals surface area (Å²) in [5, 5.41) is 21.1. The van der Waals surface area contributed by atoms with Crippen LogP contribution < -0.4 is 5.32 Å². The molecule has 1 unspecified atom stereocenters. The fourth-order valence-corrected chi connectivity index (χ4v) is 2.46. The summed E-state index contributed by atoms with van der Waals surface area (Å²) < 4.78 is 5.04. The van der Waals surface area contributed by atoms with Gasteiger partial charge in [0.1, 0.15) is 0 Å². The number of rotatable bonds is 6. The SMILES string of the molecule is O=C(NCC1CCN(CC(O)CO)CC1)c1ccco1. The Morgan fingerprint density at radius 1 is 1.50 bits per heavy atom. The Morgan fingerprint density at radius 2 is 2.25 bits per heavy atom. The number of nitrogens with one attached hydrogen (secondary N) is 1. The van der Waals surface area contributed by atoms with Crippen molar-refractivity contribution in [3.8, 4) is 0 Å². The van der Waals surface area contributed by atoms with Crippen LogP contribution in [0.3, 0.4) is 0 Å². The van der Waals surface area contributed by atoms with E-state index in [-0.39, 0.29) is 12.5 Å². The number of amides is 1. The molecule has 1 fully saturated rings. The molecule has 3 N–H and O–H groups in total. The molecule has 1 amide bonds. The highest BCUT2D eigenvalue weighted by atomic mass is 16.3. The van der Waals surface area contributed by atoms with Gasteiger partial charge in [-0.1, -0.05) is 0 Å². The van der Waals surface area contributed by atoms with Crippen molar-refractivity contribution in [2.24, 2.45) is 5.92 Å². The Balaban J connectivity index is 1.66. The van der Waals surface area contributed by atoms with E-state index in [9.17, 15) is 9.90 Å². The number of furan rings is 1. The zero-order chi connectivity index (χ0) is 14.4. The van der Waals surface area contributed by atoms with Crippen LogP contribution >= 0.6 is 0 Å². The molecular formula is C14H22N2O4. The molecule has 0 spiro atoms. The van der Waals surface area contributed by atoms with Crippen LogP contribution in [-0.2, 0) is 0 Å². The summed E-state index contributed by atoms with van der Waals surface area (Å²) in [6, 6.07) is 3.34. The lowest BCUT2D eigenvalue weighted by Crippen LogP contribution is -2.42. The summed E-state index contributed by atoms with van der Waals surface area (Å²) in [5.41, 5.74) is 0. The average Bonchev–Trinajstić information content (AvgIpc) is 3.00. The highest BCUT2D eigenvalue weighted by Crippen LogP contribution is 2.16. The number of aliphatic hydroxyl groups excluding tert-OH is 2. The monoisotopic (exact) mass is 282 g/mol. The van der Waals surface area contributed by atoms with Crippen molar-refractivity contribution < 1.29 is 19.4 Å². The zero-order valence-electron chi connectivity index (χ0n) is 11.5. The van der Waals surface area contributed by atoms with E-state index < -0.39 is 6.10 Å². The molecule has 2 rings (SSSR count). The molecule has 1 saturated heterocycles. The van der Waals surface area contributed by atoms with Crippen molar-refractivity contribution >= 4 is 5.91 Å². The maximum Gasteiger partial charge on any atom is 0.286 e. The number of carbonyl (C=O) groups excluding carboxylic acids is 1. The largest absolute Gasteiger partial charge is 0.459 e. The van der Waals surface area contributed by atoms with Crippen molar-refractivity contribution in [3.63, 3.8) is 0 Å². The number of hydrogen-bond acceptors (Lipinski definition) is 5. The van der Waals surface area contributed by atoms with Gasteiger partial charge in [-0.2, -0.15) is 0 Å². The normalized spacial score (nSPS) is 18.9. The summed E-state index contributed by atoms with van der Waals surface area (Å²) in [4.78, 5) is 13.9. The van der Waals surface area contributed by atoms with E-state index in [0.717, 1.165) is 25.9 Å². The summed E-state index contributed by atoms with van der Waals surface area (Å²) in [5.74, 6) is 0.623. The first kappa shape index (κ1) is 15.0. The van der Waals surface area contributed by atoms with Crippen LogP contribution in [0.2, 0.25) is 0 Å². The molecule has 6 nitrogen and oxygen atoms in total. The van der Waals surface area contributed by atoms with Crippen molar-refractivity contribution in [1.29, 1.82) is 0 Å². The van der Waals surface area contributed by atoms with Crippen LogP contribution in [0.5, 0.6) is 0 Å². The first-order valence-corrected chi connectivity index (χ1v) is 7.02. The molecular weight excluding hydrogens is 260 g/mol. The lowest BCUT2D eigenvalue weighted by Gasteiger charge is -2.32. The quantitative estimate of drug-likeness (QED) is 0.687. The standard InChI is InChI=1S/C14H22N2O4/c17-10-12(18)9-16-5-3-11(4-6-16)8-15-14(19)13-2-1-7-20-13/h1-2,7,11-12,17-18H,3-6,8-10H2,(H,15,19). The predicted molar refractivity (Wildman–Crippen MR) is 73.3 cm³/mol. The van der Waals surface area contributed by atoms with Crippen LogP contribution in [-0.4, -0.2) is 59.9 Å². The molecule has 6 heteroatoms. The van der Waals surface area contributed by atoms with Gasteiger partial charge in [0.2, 0.25) is 0 Å². The summed E-state index contributed by atoms with van der Waals surface area (Å²) >= 11 is 0. The Hall–Kier alpha value is -1.37. The predicted octanol–water partition coefficient (Wildman–Crippen LogP) is 0.0746. The van der Waals surface area contributed by atoms with Crippen LogP contribution in [0.1, 0.15) is 23.4 Å². The number of carbonyl (C=O) groups is 1. The number of aliphatic hydroxyl groups is 2. The molecule has 2 heterocycles. The lowest BCUT2D eigenvalue weighted by atomic mass is 9.96. The fraction of sp³-hybridized carbons (Fsp3) is 0.643. The van der Waals surface area contributed by atoms with Gasteiger partial charge in [0, 0.05) is 13.1 Å². The first-order chi connectivity index (χ1) is 9.69. The van der Waals surface area contributed by atoms with Crippen LogP contribution in [0.25, 0.3) is 0 Å². The molecule has 1 aromatic rings. The minimum Gasteiger partial charge on any atom is -0.459 e. The van der Waals surface area contributed by atoms with Gasteiger partial charge in [-0.05, 0) is 44.0 Å². The van der Waals surface area contributed by atoms with Gasteiger partial charge in [-0.3, -0.25) is 4.79 Å². The maximum absolute atomic E-state index is 11.7. The maximum atomic E-state index is 11.7. The lowest BCUT2D eigenvalue weighted by molar-refractivity contribution is 0.0472. The van der Waals surface area contributed by atoms with Crippen molar-refractivity contribution in [3.05, 3.63) is 24.2 Å². The highest BCUT2D eigenvalue weighted by molar-refractivity contribution is 5.91. The van der Waals surface area contributed by atoms with Crippen LogP contribution in [0.4, 0.5) is 0 Å². The average molecular weight is 282 g/mol. The molecule has 1 aromatic heterocycles. The third-order valence-corrected chi connectivity index (χ3v) is 3.68. The highest BCUT2D eigenvalue weighted by Gasteiger charge is 2.21. The van der Waals surface area contributed by atoms with E-state index in [1.165, 1.54) is 6.26 Å². The Labute approximate surface area is 118 Å². The van der Waals surface area contributed by atoms with Crippen LogP contribution in [0.15, 0.2) is 22.8 Å². The summed E-state index contributed by atoms with van der Waals surface area (Å²) in [6.07, 6.45) is 2.79. The molecule has 112 valence electrons. The zero-order valence-corrected chi connectivity index (χ0v) is 11.5. The van der Waals surface area contributed by atoms with E-state index in [0.29, 0.717) is 24.8 Å². The van der Waals surface area contributed by atoms with Gasteiger partial charge in [0.05, 0.1) is 19.0 Å². The minimum absolute atomic E-state index is 0.173. The van der Waals surface area contributed by atoms with E-state index in [1.807, 2.05) is 0 Å². The van der Waals surface area contributed by atoms with Gasteiger partial charge in [0.25, 0.3) is 5.91 Å². The number of β-amino-alcohol motifs (C(OH)–C–C–N with tert-alkyl or cyclic N) is 1. The Bertz CT molecular complexity index is 399. The smallest absolute Gasteiger partial charge is 0.286 e. The second kappa shape index (κ2) is 7.42. The number of likely N-dealkylation sites (tertiary alicyclic amines) is 1. The summed E-state index contributed by atoms with van der Waals surface area (Å²) in [7, 11) is 0. The molecule has 1 aliphatic rings. The molecule has 0 aliphatic carbocycles. The van der Waals surface area contributed by atoms with Crippen molar-refractivity contribution in [1.82, 2.24) is 10.2 Å². The molecule has 0 saturated carbocycles. The van der Waals surface area contributed by atoms with Crippen molar-refractivity contribution in [2.45, 2.75) is 18.9 Å². The number of nitrogens with zero attached hydrogens (tertiary/aromatic N) is 1. The number of hydrogen-bond donors (Lipinski definition) is 3. The van der Waals surface area contributed by atoms with Gasteiger partial charge < -0.3 is 24.8 Å². The fourth-order valence-electron chi connectivity index (χ4n) is 2.46. The third kappa shape index (κ3) is 4.33. The number of piperidine rings is 1. The van der Waals surface area contributed by atoms with Crippen LogP contribution in [0, 0.1) is 5.92 Å². The third-order valence-electron chi connectivity index (χ3n) is 3.68. The van der Waals surface area contributed by atoms with Gasteiger partial charge >= 0.3 is 0 Å². The molecule has 1 aliphatic heterocycles. The Kier molecular flexibility index (Phi) is 5.58. The minimum atomic E-state index is -0.662. The van der Waals surface area contributed by atoms with Gasteiger partial charge in [0.15, 0.2) is 5.76 Å². The first-order valence-electron chi connectivity index (χ1n) is 7.02. The second-order valence-corrected chi connectivity index (χ2v) is 5.27. The molecule has 0 aromatic carbocycles. The molecule has 0 radical (unpaired) electrons. The molecule has 1 atom stereocenters. The Morgan fingerprint density at radius 3 is 2.85 bits per heavy atom. The van der Waals surface area contributed by atoms with E-state index >= 15 is 0 Å². The molecule has 0 bridgehead atoms.